The molecule has 3 nitrogen and oxygen atoms in total. The van der Waals surface area contributed by atoms with Crippen LogP contribution in [0.5, 0.6) is 0 Å². The molecular formula is C15H7Cl2F3N2O. The highest BCUT2D eigenvalue weighted by atomic mass is 35.5. The molecule has 3 aromatic rings. The normalized spacial score (nSPS) is 11.9. The van der Waals surface area contributed by atoms with E-state index in [1.165, 1.54) is 6.07 Å². The highest BCUT2D eigenvalue weighted by Gasteiger charge is 2.34. The Morgan fingerprint density at radius 1 is 1.09 bits per heavy atom. The maximum atomic E-state index is 13.0. The first kappa shape index (κ1) is 15.8. The predicted octanol–water partition coefficient (Wildman–Crippen LogP) is 4.92. The molecule has 23 heavy (non-hydrogen) atoms. The van der Waals surface area contributed by atoms with E-state index in [2.05, 4.69) is 9.97 Å². The van der Waals surface area contributed by atoms with Crippen molar-refractivity contribution in [2.24, 2.45) is 0 Å². The fourth-order valence-electron chi connectivity index (χ4n) is 2.16. The van der Waals surface area contributed by atoms with Crippen LogP contribution in [0.2, 0.25) is 10.0 Å². The number of para-hydroxylation sites is 1. The molecule has 0 saturated carbocycles. The van der Waals surface area contributed by atoms with E-state index in [1.807, 2.05) is 0 Å². The van der Waals surface area contributed by atoms with Gasteiger partial charge in [-0.2, -0.15) is 13.2 Å². The Balaban J connectivity index is 2.27. The Labute approximate surface area is 137 Å². The number of aromatic nitrogens is 2. The topological polar surface area (TPSA) is 45.8 Å². The van der Waals surface area contributed by atoms with E-state index in [4.69, 9.17) is 23.2 Å². The maximum Gasteiger partial charge on any atom is 0.417 e. The van der Waals surface area contributed by atoms with Crippen LogP contribution in [0.1, 0.15) is 5.56 Å². The molecule has 0 radical (unpaired) electrons. The first-order valence-corrected chi connectivity index (χ1v) is 7.08. The lowest BCUT2D eigenvalue weighted by molar-refractivity contribution is -0.137. The summed E-state index contributed by atoms with van der Waals surface area (Å²) in [7, 11) is 0. The van der Waals surface area contributed by atoms with Crippen molar-refractivity contribution >= 4 is 34.1 Å². The van der Waals surface area contributed by atoms with Gasteiger partial charge in [-0.05, 0) is 24.3 Å². The average Bonchev–Trinajstić information content (AvgIpc) is 2.48. The Hall–Kier alpha value is -2.05. The zero-order valence-electron chi connectivity index (χ0n) is 11.2. The fourth-order valence-corrected chi connectivity index (χ4v) is 2.59. The Kier molecular flexibility index (Phi) is 3.82. The number of hydrogen-bond acceptors (Lipinski definition) is 2. The van der Waals surface area contributed by atoms with Crippen LogP contribution in [0.25, 0.3) is 22.3 Å². The molecule has 0 aliphatic heterocycles. The first-order valence-electron chi connectivity index (χ1n) is 6.33. The molecule has 0 amide bonds. The van der Waals surface area contributed by atoms with Gasteiger partial charge < -0.3 is 4.98 Å². The number of alkyl halides is 3. The van der Waals surface area contributed by atoms with E-state index in [0.717, 1.165) is 6.07 Å². The Bertz CT molecular complexity index is 967. The number of halogens is 5. The number of nitrogens with one attached hydrogen (secondary N) is 1. The first-order chi connectivity index (χ1) is 10.8. The number of hydrogen-bond donors (Lipinski definition) is 1. The third kappa shape index (κ3) is 2.92. The third-order valence-corrected chi connectivity index (χ3v) is 4.02. The lowest BCUT2D eigenvalue weighted by Crippen LogP contribution is -2.11. The molecule has 0 aliphatic carbocycles. The quantitative estimate of drug-likeness (QED) is 0.671. The minimum atomic E-state index is -4.67. The molecule has 0 fully saturated rings. The maximum absolute atomic E-state index is 13.0. The molecule has 1 aromatic heterocycles. The molecule has 1 N–H and O–H groups in total. The second-order valence-corrected chi connectivity index (χ2v) is 5.53. The number of fused-ring (bicyclic) bond motifs is 1. The van der Waals surface area contributed by atoms with Crippen molar-refractivity contribution in [1.82, 2.24) is 9.97 Å². The van der Waals surface area contributed by atoms with Crippen LogP contribution in [0.4, 0.5) is 13.2 Å². The van der Waals surface area contributed by atoms with Crippen LogP contribution in [0.15, 0.2) is 41.2 Å². The van der Waals surface area contributed by atoms with Crippen LogP contribution in [-0.4, -0.2) is 9.97 Å². The van der Waals surface area contributed by atoms with Crippen LogP contribution in [-0.2, 0) is 6.18 Å². The molecule has 0 atom stereocenters. The van der Waals surface area contributed by atoms with E-state index in [-0.39, 0.29) is 16.4 Å². The highest BCUT2D eigenvalue weighted by molar-refractivity contribution is 6.42. The number of nitrogens with zero attached hydrogens (tertiary/aromatic N) is 1. The Morgan fingerprint density at radius 3 is 2.48 bits per heavy atom. The van der Waals surface area contributed by atoms with E-state index in [0.29, 0.717) is 10.9 Å². The molecule has 2 aromatic carbocycles. The van der Waals surface area contributed by atoms with Gasteiger partial charge >= 0.3 is 6.18 Å². The zero-order valence-corrected chi connectivity index (χ0v) is 12.7. The fraction of sp³-hybridized carbons (Fsp3) is 0.0667. The summed E-state index contributed by atoms with van der Waals surface area (Å²) < 4.78 is 39.1. The van der Waals surface area contributed by atoms with Gasteiger partial charge in [-0.3, -0.25) is 4.79 Å². The molecule has 3 rings (SSSR count). The van der Waals surface area contributed by atoms with Crippen molar-refractivity contribution in [3.8, 4) is 11.4 Å². The molecule has 0 aliphatic rings. The van der Waals surface area contributed by atoms with Gasteiger partial charge in [0.15, 0.2) is 0 Å². The lowest BCUT2D eigenvalue weighted by Gasteiger charge is -2.12. The van der Waals surface area contributed by atoms with Gasteiger partial charge in [0.2, 0.25) is 0 Å². The highest BCUT2D eigenvalue weighted by Crippen LogP contribution is 2.40. The summed E-state index contributed by atoms with van der Waals surface area (Å²) in [4.78, 5) is 18.7. The van der Waals surface area contributed by atoms with Crippen LogP contribution < -0.4 is 5.56 Å². The molecule has 8 heteroatoms. The van der Waals surface area contributed by atoms with Gasteiger partial charge in [-0.1, -0.05) is 35.3 Å². The molecule has 118 valence electrons. The SMILES string of the molecule is O=c1[nH]c(-c2cc(Cl)c(Cl)c(C(F)(F)F)c2)nc2ccccc12. The van der Waals surface area contributed by atoms with E-state index in [9.17, 15) is 18.0 Å². The van der Waals surface area contributed by atoms with Gasteiger partial charge in [0.05, 0.1) is 26.5 Å². The van der Waals surface area contributed by atoms with Gasteiger partial charge in [0.25, 0.3) is 5.56 Å². The number of aromatic amines is 1. The molecular weight excluding hydrogens is 352 g/mol. The van der Waals surface area contributed by atoms with E-state index >= 15 is 0 Å². The zero-order chi connectivity index (χ0) is 16.8. The van der Waals surface area contributed by atoms with Crippen LogP contribution in [0.3, 0.4) is 0 Å². The molecule has 1 heterocycles. The number of rotatable bonds is 1. The van der Waals surface area contributed by atoms with Crippen molar-refractivity contribution in [3.05, 3.63) is 62.4 Å². The standard InChI is InChI=1S/C15H7Cl2F3N2O/c16-10-6-7(5-9(12(10)17)15(18,19)20)13-21-11-4-2-1-3-8(11)14(23)22-13/h1-6H,(H,21,22,23). The summed E-state index contributed by atoms with van der Waals surface area (Å²) in [5.74, 6) is -0.0160. The minimum Gasteiger partial charge on any atom is -0.306 e. The largest absolute Gasteiger partial charge is 0.417 e. The van der Waals surface area contributed by atoms with Gasteiger partial charge in [0.1, 0.15) is 5.82 Å². The molecule has 0 unspecified atom stereocenters. The van der Waals surface area contributed by atoms with Crippen molar-refractivity contribution in [3.63, 3.8) is 0 Å². The van der Waals surface area contributed by atoms with Crippen molar-refractivity contribution < 1.29 is 13.2 Å². The van der Waals surface area contributed by atoms with Crippen LogP contribution >= 0.6 is 23.2 Å². The summed E-state index contributed by atoms with van der Waals surface area (Å²) in [5, 5.41) is -0.522. The van der Waals surface area contributed by atoms with Gasteiger partial charge in [-0.25, -0.2) is 4.98 Å². The van der Waals surface area contributed by atoms with Crippen molar-refractivity contribution in [1.29, 1.82) is 0 Å². The van der Waals surface area contributed by atoms with Crippen molar-refractivity contribution in [2.75, 3.05) is 0 Å². The van der Waals surface area contributed by atoms with Crippen molar-refractivity contribution in [2.45, 2.75) is 6.18 Å². The summed E-state index contributed by atoms with van der Waals surface area (Å²) in [6.07, 6.45) is -4.67. The lowest BCUT2D eigenvalue weighted by atomic mass is 10.1. The second-order valence-electron chi connectivity index (χ2n) is 4.75. The van der Waals surface area contributed by atoms with E-state index < -0.39 is 22.3 Å². The smallest absolute Gasteiger partial charge is 0.306 e. The number of benzene rings is 2. The summed E-state index contributed by atoms with van der Waals surface area (Å²) >= 11 is 11.4. The molecule has 0 bridgehead atoms. The molecule has 0 spiro atoms. The van der Waals surface area contributed by atoms with Gasteiger partial charge in [0, 0.05) is 5.56 Å². The third-order valence-electron chi connectivity index (χ3n) is 3.22. The summed E-state index contributed by atoms with van der Waals surface area (Å²) in [6.45, 7) is 0. The number of H-pyrrole nitrogens is 1. The monoisotopic (exact) mass is 358 g/mol. The summed E-state index contributed by atoms with van der Waals surface area (Å²) in [6, 6.07) is 8.54. The summed E-state index contributed by atoms with van der Waals surface area (Å²) in [5.41, 5.74) is -1.15. The second kappa shape index (κ2) is 5.54. The minimum absolute atomic E-state index is 0.0160. The Morgan fingerprint density at radius 2 is 1.78 bits per heavy atom. The van der Waals surface area contributed by atoms with E-state index in [1.54, 1.807) is 24.3 Å². The average molecular weight is 359 g/mol. The van der Waals surface area contributed by atoms with Gasteiger partial charge in [-0.15, -0.1) is 0 Å². The predicted molar refractivity (Wildman–Crippen MR) is 82.8 cm³/mol. The van der Waals surface area contributed by atoms with Crippen LogP contribution in [0, 0.1) is 0 Å². The molecule has 0 saturated heterocycles.